The van der Waals surface area contributed by atoms with Crippen LogP contribution in [0.4, 0.5) is 10.5 Å². The van der Waals surface area contributed by atoms with E-state index < -0.39 is 5.97 Å². The molecule has 31 heavy (non-hydrogen) atoms. The van der Waals surface area contributed by atoms with Crippen LogP contribution >= 0.6 is 11.8 Å². The number of anilines is 1. The Labute approximate surface area is 184 Å². The zero-order valence-electron chi connectivity index (χ0n) is 17.3. The first-order valence-electron chi connectivity index (χ1n) is 9.91. The molecule has 1 aliphatic heterocycles. The zero-order chi connectivity index (χ0) is 22.4. The molecule has 0 aliphatic carbocycles. The summed E-state index contributed by atoms with van der Waals surface area (Å²) in [4.78, 5) is 37.5. The summed E-state index contributed by atoms with van der Waals surface area (Å²) in [5.74, 6) is -0.464. The van der Waals surface area contributed by atoms with Gasteiger partial charge in [-0.05, 0) is 66.6 Å². The molecule has 3 rings (SSSR count). The fraction of sp³-hybridized carbons (Fsp3) is 0.261. The Hall–Kier alpha value is -3.26. The molecule has 0 spiro atoms. The molecule has 1 heterocycles. The molecular weight excluding hydrogens is 418 g/mol. The van der Waals surface area contributed by atoms with Gasteiger partial charge in [0.1, 0.15) is 0 Å². The van der Waals surface area contributed by atoms with E-state index in [1.807, 2.05) is 26.0 Å². The number of amides is 2. The van der Waals surface area contributed by atoms with Crippen LogP contribution in [-0.2, 0) is 16.0 Å². The van der Waals surface area contributed by atoms with Crippen molar-refractivity contribution in [3.8, 4) is 11.5 Å². The van der Waals surface area contributed by atoms with Crippen molar-refractivity contribution in [2.75, 3.05) is 18.1 Å². The van der Waals surface area contributed by atoms with Crippen molar-refractivity contribution in [2.24, 2.45) is 0 Å². The van der Waals surface area contributed by atoms with Crippen molar-refractivity contribution in [2.45, 2.75) is 26.7 Å². The van der Waals surface area contributed by atoms with Gasteiger partial charge in [-0.2, -0.15) is 0 Å². The molecule has 2 aromatic carbocycles. The van der Waals surface area contributed by atoms with Crippen molar-refractivity contribution < 1.29 is 29.0 Å². The largest absolute Gasteiger partial charge is 0.490 e. The number of benzene rings is 2. The summed E-state index contributed by atoms with van der Waals surface area (Å²) in [5, 5.41) is 8.41. The normalized spacial score (nSPS) is 14.9. The Morgan fingerprint density at radius 2 is 1.81 bits per heavy atom. The van der Waals surface area contributed by atoms with Crippen LogP contribution in [0.2, 0.25) is 0 Å². The van der Waals surface area contributed by atoms with Gasteiger partial charge in [-0.25, -0.2) is 4.90 Å². The molecule has 0 atom stereocenters. The second-order valence-electron chi connectivity index (χ2n) is 6.67. The molecule has 162 valence electrons. The van der Waals surface area contributed by atoms with Gasteiger partial charge in [0.15, 0.2) is 11.5 Å². The molecule has 1 fully saturated rings. The predicted octanol–water partition coefficient (Wildman–Crippen LogP) is 4.74. The highest BCUT2D eigenvalue weighted by Crippen LogP contribution is 2.37. The van der Waals surface area contributed by atoms with Gasteiger partial charge < -0.3 is 14.6 Å². The number of imide groups is 1. The number of hydrogen-bond donors (Lipinski definition) is 1. The van der Waals surface area contributed by atoms with Crippen LogP contribution in [0.25, 0.3) is 6.08 Å². The van der Waals surface area contributed by atoms with E-state index >= 15 is 0 Å². The first-order valence-corrected chi connectivity index (χ1v) is 10.7. The molecule has 1 N–H and O–H groups in total. The lowest BCUT2D eigenvalue weighted by Gasteiger charge is -2.13. The van der Waals surface area contributed by atoms with E-state index in [2.05, 4.69) is 0 Å². The maximum absolute atomic E-state index is 12.9. The molecular formula is C23H23NO6S. The van der Waals surface area contributed by atoms with Crippen LogP contribution in [0.5, 0.6) is 11.5 Å². The summed E-state index contributed by atoms with van der Waals surface area (Å²) in [7, 11) is 0. The molecule has 1 aliphatic rings. The first kappa shape index (κ1) is 22.4. The second kappa shape index (κ2) is 10.2. The number of carboxylic acid groups (broad SMARTS) is 1. The molecule has 0 aromatic heterocycles. The van der Waals surface area contributed by atoms with Crippen molar-refractivity contribution in [3.05, 3.63) is 58.5 Å². The first-order chi connectivity index (χ1) is 14.9. The number of rotatable bonds is 9. The Bertz CT molecular complexity index is 1020. The van der Waals surface area contributed by atoms with Crippen molar-refractivity contribution >= 4 is 40.6 Å². The second-order valence-corrected chi connectivity index (χ2v) is 7.66. The maximum Gasteiger partial charge on any atom is 0.306 e. The minimum Gasteiger partial charge on any atom is -0.490 e. The fourth-order valence-corrected chi connectivity index (χ4v) is 3.81. The van der Waals surface area contributed by atoms with E-state index in [4.69, 9.17) is 14.6 Å². The predicted molar refractivity (Wildman–Crippen MR) is 120 cm³/mol. The van der Waals surface area contributed by atoms with Crippen LogP contribution in [0, 0.1) is 0 Å². The maximum atomic E-state index is 12.9. The van der Waals surface area contributed by atoms with Crippen LogP contribution in [0.3, 0.4) is 0 Å². The van der Waals surface area contributed by atoms with Gasteiger partial charge in [0, 0.05) is 0 Å². The van der Waals surface area contributed by atoms with Crippen LogP contribution < -0.4 is 14.4 Å². The quantitative estimate of drug-likeness (QED) is 0.562. The minimum absolute atomic E-state index is 0.0183. The third kappa shape index (κ3) is 5.46. The molecule has 0 unspecified atom stereocenters. The molecule has 1 saturated heterocycles. The van der Waals surface area contributed by atoms with Crippen LogP contribution in [0.1, 0.15) is 31.4 Å². The Morgan fingerprint density at radius 1 is 1.06 bits per heavy atom. The van der Waals surface area contributed by atoms with Crippen LogP contribution in [0.15, 0.2) is 47.4 Å². The minimum atomic E-state index is -0.949. The van der Waals surface area contributed by atoms with Gasteiger partial charge in [-0.3, -0.25) is 14.4 Å². The number of thioether (sulfide) groups is 1. The number of aryl methyl sites for hydroxylation is 1. The van der Waals surface area contributed by atoms with E-state index in [1.165, 1.54) is 4.90 Å². The third-order valence-corrected chi connectivity index (χ3v) is 5.40. The van der Waals surface area contributed by atoms with Crippen molar-refractivity contribution in [1.82, 2.24) is 0 Å². The van der Waals surface area contributed by atoms with E-state index in [0.29, 0.717) is 34.3 Å². The number of aliphatic carboxylic acids is 1. The lowest BCUT2D eigenvalue weighted by atomic mass is 10.1. The van der Waals surface area contributed by atoms with Crippen LogP contribution in [-0.4, -0.2) is 35.4 Å². The monoisotopic (exact) mass is 441 g/mol. The van der Waals surface area contributed by atoms with Crippen molar-refractivity contribution in [3.63, 3.8) is 0 Å². The summed E-state index contributed by atoms with van der Waals surface area (Å²) in [6.07, 6.45) is 2.38. The lowest BCUT2D eigenvalue weighted by molar-refractivity contribution is -0.137. The average Bonchev–Trinajstić information content (AvgIpc) is 3.02. The SMILES string of the molecule is CCOc1cc(/C=C2/SC(=O)N(c3ccc(CC)cc3)C2=O)ccc1OCCC(=O)O. The molecule has 2 aromatic rings. The zero-order valence-corrected chi connectivity index (χ0v) is 18.1. The molecule has 7 nitrogen and oxygen atoms in total. The van der Waals surface area contributed by atoms with Gasteiger partial charge in [0.05, 0.1) is 30.2 Å². The smallest absolute Gasteiger partial charge is 0.306 e. The highest BCUT2D eigenvalue weighted by atomic mass is 32.2. The number of carbonyl (C=O) groups is 3. The number of carboxylic acids is 1. The van der Waals surface area contributed by atoms with Crippen molar-refractivity contribution in [1.29, 1.82) is 0 Å². The summed E-state index contributed by atoms with van der Waals surface area (Å²) in [6, 6.07) is 12.4. The van der Waals surface area contributed by atoms with Gasteiger partial charge >= 0.3 is 5.97 Å². The highest BCUT2D eigenvalue weighted by Gasteiger charge is 2.36. The van der Waals surface area contributed by atoms with Gasteiger partial charge in [0.2, 0.25) is 0 Å². The summed E-state index contributed by atoms with van der Waals surface area (Å²) < 4.78 is 11.1. The molecule has 8 heteroatoms. The van der Waals surface area contributed by atoms with E-state index in [-0.39, 0.29) is 24.2 Å². The Balaban J connectivity index is 1.81. The molecule has 0 bridgehead atoms. The van der Waals surface area contributed by atoms with Gasteiger partial charge in [-0.1, -0.05) is 25.1 Å². The highest BCUT2D eigenvalue weighted by molar-refractivity contribution is 8.19. The molecule has 0 saturated carbocycles. The standard InChI is InChI=1S/C23H23NO6S/c1-3-15-5-8-17(9-6-15)24-22(27)20(31-23(24)28)14-16-7-10-18(19(13-16)29-4-2)30-12-11-21(25)26/h5-10,13-14H,3-4,11-12H2,1-2H3,(H,25,26)/b20-14+. The summed E-state index contributed by atoms with van der Waals surface area (Å²) >= 11 is 0.883. The topological polar surface area (TPSA) is 93.1 Å². The lowest BCUT2D eigenvalue weighted by Crippen LogP contribution is -2.27. The fourth-order valence-electron chi connectivity index (χ4n) is 2.97. The summed E-state index contributed by atoms with van der Waals surface area (Å²) in [6.45, 7) is 4.27. The average molecular weight is 442 g/mol. The molecule has 2 amide bonds. The Kier molecular flexibility index (Phi) is 7.36. The number of ether oxygens (including phenoxy) is 2. The summed E-state index contributed by atoms with van der Waals surface area (Å²) in [5.41, 5.74) is 2.33. The Morgan fingerprint density at radius 3 is 2.45 bits per heavy atom. The van der Waals surface area contributed by atoms with E-state index in [0.717, 1.165) is 23.7 Å². The van der Waals surface area contributed by atoms with E-state index in [9.17, 15) is 14.4 Å². The number of carbonyl (C=O) groups excluding carboxylic acids is 2. The third-order valence-electron chi connectivity index (χ3n) is 4.54. The number of hydrogen-bond acceptors (Lipinski definition) is 6. The number of nitrogens with zero attached hydrogens (tertiary/aromatic N) is 1. The molecule has 0 radical (unpaired) electrons. The van der Waals surface area contributed by atoms with E-state index in [1.54, 1.807) is 36.4 Å². The van der Waals surface area contributed by atoms with Gasteiger partial charge in [-0.15, -0.1) is 0 Å². The van der Waals surface area contributed by atoms with Gasteiger partial charge in [0.25, 0.3) is 11.1 Å².